The molecule has 1 N–H and O–H groups in total. The third-order valence-corrected chi connectivity index (χ3v) is 4.35. The Hall–Kier alpha value is -0.860. The fourth-order valence-electron chi connectivity index (χ4n) is 2.86. The van der Waals surface area contributed by atoms with Crippen LogP contribution in [-0.4, -0.2) is 29.6 Å². The molecule has 1 aromatic carbocycles. The van der Waals surface area contributed by atoms with Crippen LogP contribution in [0.3, 0.4) is 0 Å². The maximum atomic E-state index is 10.8. The Morgan fingerprint density at radius 3 is 2.05 bits per heavy atom. The van der Waals surface area contributed by atoms with Gasteiger partial charge in [0.25, 0.3) is 0 Å². The lowest BCUT2D eigenvalue weighted by molar-refractivity contribution is 0.0131. The fourth-order valence-corrected chi connectivity index (χ4v) is 2.86. The van der Waals surface area contributed by atoms with Crippen molar-refractivity contribution in [1.29, 1.82) is 0 Å². The van der Waals surface area contributed by atoms with E-state index in [-0.39, 0.29) is 0 Å². The summed E-state index contributed by atoms with van der Waals surface area (Å²) in [5, 5.41) is 10.8. The van der Waals surface area contributed by atoms with Crippen LogP contribution >= 0.6 is 0 Å². The monoisotopic (exact) mass is 259 g/mol. The molecule has 1 unspecified atom stereocenters. The van der Waals surface area contributed by atoms with Gasteiger partial charge in [0.1, 0.15) is 0 Å². The molecule has 2 heteroatoms. The standard InChI is InChI=1S/C17H25NO/c1-17(19,16-5-3-2-4-6-16)13-18(11-14-7-8-14)12-15-9-10-15/h2-6,14-15,19H,7-13H2,1H3. The molecule has 0 saturated heterocycles. The zero-order chi connectivity index (χ0) is 13.3. The fraction of sp³-hybridized carbons (Fsp3) is 0.647. The topological polar surface area (TPSA) is 23.5 Å². The first-order chi connectivity index (χ1) is 9.13. The van der Waals surface area contributed by atoms with E-state index in [0.29, 0.717) is 0 Å². The van der Waals surface area contributed by atoms with Crippen molar-refractivity contribution in [2.24, 2.45) is 11.8 Å². The lowest BCUT2D eigenvalue weighted by Gasteiger charge is -2.32. The van der Waals surface area contributed by atoms with Crippen LogP contribution in [0.5, 0.6) is 0 Å². The van der Waals surface area contributed by atoms with Crippen molar-refractivity contribution in [1.82, 2.24) is 4.90 Å². The van der Waals surface area contributed by atoms with Crippen LogP contribution < -0.4 is 0 Å². The van der Waals surface area contributed by atoms with Crippen molar-refractivity contribution in [2.45, 2.75) is 38.2 Å². The Labute approximate surface area is 116 Å². The Bertz CT molecular complexity index is 393. The van der Waals surface area contributed by atoms with E-state index in [9.17, 15) is 5.11 Å². The third-order valence-electron chi connectivity index (χ3n) is 4.35. The van der Waals surface area contributed by atoms with Crippen LogP contribution in [0.1, 0.15) is 38.2 Å². The minimum absolute atomic E-state index is 0.731. The molecule has 0 radical (unpaired) electrons. The molecule has 1 aromatic rings. The van der Waals surface area contributed by atoms with Crippen molar-refractivity contribution in [3.05, 3.63) is 35.9 Å². The third kappa shape index (κ3) is 3.80. The minimum Gasteiger partial charge on any atom is -0.384 e. The largest absolute Gasteiger partial charge is 0.384 e. The number of aliphatic hydroxyl groups is 1. The molecule has 0 amide bonds. The van der Waals surface area contributed by atoms with Gasteiger partial charge in [0.15, 0.2) is 0 Å². The van der Waals surface area contributed by atoms with Gasteiger partial charge in [0.2, 0.25) is 0 Å². The zero-order valence-electron chi connectivity index (χ0n) is 11.9. The number of hydrogen-bond donors (Lipinski definition) is 1. The second-order valence-corrected chi connectivity index (χ2v) is 6.72. The van der Waals surface area contributed by atoms with Crippen molar-refractivity contribution >= 4 is 0 Å². The highest BCUT2D eigenvalue weighted by Crippen LogP contribution is 2.35. The molecule has 2 aliphatic rings. The first kappa shape index (κ1) is 13.1. The highest BCUT2D eigenvalue weighted by molar-refractivity contribution is 5.21. The van der Waals surface area contributed by atoms with Gasteiger partial charge in [-0.15, -0.1) is 0 Å². The molecule has 0 aromatic heterocycles. The van der Waals surface area contributed by atoms with Crippen LogP contribution in [0.2, 0.25) is 0 Å². The van der Waals surface area contributed by atoms with E-state index in [1.807, 2.05) is 37.3 Å². The van der Waals surface area contributed by atoms with Gasteiger partial charge in [0.05, 0.1) is 5.60 Å². The minimum atomic E-state index is -0.731. The van der Waals surface area contributed by atoms with E-state index < -0.39 is 5.60 Å². The predicted molar refractivity (Wildman–Crippen MR) is 77.9 cm³/mol. The average Bonchev–Trinajstić information content (AvgIpc) is 3.26. The summed E-state index contributed by atoms with van der Waals surface area (Å²) >= 11 is 0. The Morgan fingerprint density at radius 1 is 1.05 bits per heavy atom. The molecule has 104 valence electrons. The van der Waals surface area contributed by atoms with Crippen LogP contribution in [-0.2, 0) is 5.60 Å². The molecular weight excluding hydrogens is 234 g/mol. The molecule has 2 saturated carbocycles. The average molecular weight is 259 g/mol. The number of nitrogens with zero attached hydrogens (tertiary/aromatic N) is 1. The molecule has 2 fully saturated rings. The Morgan fingerprint density at radius 2 is 1.58 bits per heavy atom. The summed E-state index contributed by atoms with van der Waals surface area (Å²) in [6, 6.07) is 10.1. The second kappa shape index (κ2) is 5.26. The Kier molecular flexibility index (Phi) is 3.64. The van der Waals surface area contributed by atoms with Crippen LogP contribution in [0, 0.1) is 11.8 Å². The predicted octanol–water partition coefficient (Wildman–Crippen LogP) is 3.02. The zero-order valence-corrected chi connectivity index (χ0v) is 11.9. The summed E-state index contributed by atoms with van der Waals surface area (Å²) in [6.07, 6.45) is 5.53. The van der Waals surface area contributed by atoms with Gasteiger partial charge < -0.3 is 5.11 Å². The second-order valence-electron chi connectivity index (χ2n) is 6.72. The number of hydrogen-bond acceptors (Lipinski definition) is 2. The van der Waals surface area contributed by atoms with Gasteiger partial charge in [-0.2, -0.15) is 0 Å². The highest BCUT2D eigenvalue weighted by atomic mass is 16.3. The number of benzene rings is 1. The maximum absolute atomic E-state index is 10.8. The van der Waals surface area contributed by atoms with Crippen LogP contribution in [0.15, 0.2) is 30.3 Å². The summed E-state index contributed by atoms with van der Waals surface area (Å²) < 4.78 is 0. The molecule has 1 atom stereocenters. The Balaban J connectivity index is 1.64. The van der Waals surface area contributed by atoms with Crippen molar-refractivity contribution < 1.29 is 5.11 Å². The van der Waals surface area contributed by atoms with E-state index in [2.05, 4.69) is 4.90 Å². The van der Waals surface area contributed by atoms with E-state index in [1.165, 1.54) is 38.8 Å². The van der Waals surface area contributed by atoms with E-state index in [0.717, 1.165) is 23.9 Å². The van der Waals surface area contributed by atoms with Crippen LogP contribution in [0.4, 0.5) is 0 Å². The quantitative estimate of drug-likeness (QED) is 0.813. The van der Waals surface area contributed by atoms with Crippen molar-refractivity contribution in [2.75, 3.05) is 19.6 Å². The first-order valence-electron chi connectivity index (χ1n) is 7.64. The summed E-state index contributed by atoms with van der Waals surface area (Å²) in [5.41, 5.74) is 0.303. The molecule has 0 spiro atoms. The lowest BCUT2D eigenvalue weighted by atomic mass is 9.95. The highest BCUT2D eigenvalue weighted by Gasteiger charge is 2.33. The summed E-state index contributed by atoms with van der Waals surface area (Å²) in [6.45, 7) is 5.08. The smallest absolute Gasteiger partial charge is 0.0994 e. The molecule has 19 heavy (non-hydrogen) atoms. The van der Waals surface area contributed by atoms with Gasteiger partial charge in [-0.05, 0) is 50.0 Å². The van der Waals surface area contributed by atoms with Gasteiger partial charge in [-0.1, -0.05) is 30.3 Å². The first-order valence-corrected chi connectivity index (χ1v) is 7.64. The molecule has 2 aliphatic carbocycles. The van der Waals surface area contributed by atoms with Gasteiger partial charge >= 0.3 is 0 Å². The van der Waals surface area contributed by atoms with Gasteiger partial charge in [0, 0.05) is 19.6 Å². The van der Waals surface area contributed by atoms with E-state index >= 15 is 0 Å². The number of rotatable bonds is 7. The summed E-state index contributed by atoms with van der Waals surface area (Å²) in [4.78, 5) is 2.50. The molecule has 0 aliphatic heterocycles. The van der Waals surface area contributed by atoms with Crippen molar-refractivity contribution in [3.63, 3.8) is 0 Å². The lowest BCUT2D eigenvalue weighted by Crippen LogP contribution is -2.41. The molecule has 2 nitrogen and oxygen atoms in total. The molecule has 0 bridgehead atoms. The summed E-state index contributed by atoms with van der Waals surface area (Å²) in [5.74, 6) is 1.79. The normalized spacial score (nSPS) is 22.5. The molecular formula is C17H25NO. The van der Waals surface area contributed by atoms with Crippen molar-refractivity contribution in [3.8, 4) is 0 Å². The van der Waals surface area contributed by atoms with Gasteiger partial charge in [-0.3, -0.25) is 4.90 Å². The molecule has 3 rings (SSSR count). The SMILES string of the molecule is CC(O)(CN(CC1CC1)CC1CC1)c1ccccc1. The van der Waals surface area contributed by atoms with Crippen LogP contribution in [0.25, 0.3) is 0 Å². The summed E-state index contributed by atoms with van der Waals surface area (Å²) in [7, 11) is 0. The van der Waals surface area contributed by atoms with E-state index in [1.54, 1.807) is 0 Å². The van der Waals surface area contributed by atoms with Gasteiger partial charge in [-0.25, -0.2) is 0 Å². The van der Waals surface area contributed by atoms with E-state index in [4.69, 9.17) is 0 Å². The molecule has 0 heterocycles. The maximum Gasteiger partial charge on any atom is 0.0994 e.